The highest BCUT2D eigenvalue weighted by atomic mass is 16.5. The molecule has 0 aliphatic carbocycles. The molecule has 0 amide bonds. The van der Waals surface area contributed by atoms with Crippen LogP contribution in [-0.2, 0) is 0 Å². The number of hydrogen-bond acceptors (Lipinski definition) is 4. The minimum absolute atomic E-state index is 0.357. The molecule has 0 saturated carbocycles. The van der Waals surface area contributed by atoms with Crippen molar-refractivity contribution < 1.29 is 4.74 Å². The van der Waals surface area contributed by atoms with Crippen LogP contribution in [0.25, 0.3) is 60.8 Å². The first-order chi connectivity index (χ1) is 25.3. The van der Waals surface area contributed by atoms with Crippen molar-refractivity contribution in [3.63, 3.8) is 0 Å². The Hall–Kier alpha value is -6.21. The van der Waals surface area contributed by atoms with Crippen molar-refractivity contribution in [3.8, 4) is 28.7 Å². The molecule has 4 heterocycles. The Balaban J connectivity index is 1.23. The van der Waals surface area contributed by atoms with Gasteiger partial charge in [-0.3, -0.25) is 4.57 Å². The highest BCUT2D eigenvalue weighted by Gasteiger charge is 2.21. The average molecular weight is 681 g/mol. The van der Waals surface area contributed by atoms with Gasteiger partial charge in [0.05, 0.1) is 44.8 Å². The van der Waals surface area contributed by atoms with E-state index in [0.29, 0.717) is 17.6 Å². The highest BCUT2D eigenvalue weighted by Crippen LogP contribution is 2.41. The topological polar surface area (TPSA) is 62.7 Å². The molecular formula is C45H40N6O. The number of ether oxygens (including phenoxy) is 1. The molecule has 7 nitrogen and oxygen atoms in total. The van der Waals surface area contributed by atoms with Gasteiger partial charge >= 0.3 is 0 Å². The molecule has 256 valence electrons. The summed E-state index contributed by atoms with van der Waals surface area (Å²) in [7, 11) is 0. The zero-order valence-electron chi connectivity index (χ0n) is 30.3. The van der Waals surface area contributed by atoms with Crippen molar-refractivity contribution in [2.75, 3.05) is 0 Å². The fourth-order valence-corrected chi connectivity index (χ4v) is 7.66. The van der Waals surface area contributed by atoms with E-state index in [9.17, 15) is 0 Å². The molecule has 4 aromatic heterocycles. The largest absolute Gasteiger partial charge is 0.457 e. The first-order valence-electron chi connectivity index (χ1n) is 18.0. The van der Waals surface area contributed by atoms with E-state index in [2.05, 4.69) is 132 Å². The van der Waals surface area contributed by atoms with Crippen LogP contribution in [0.15, 0.2) is 121 Å². The Morgan fingerprint density at radius 3 is 1.83 bits per heavy atom. The Morgan fingerprint density at radius 1 is 0.519 bits per heavy atom. The van der Waals surface area contributed by atoms with Crippen LogP contribution in [0.4, 0.5) is 0 Å². The van der Waals surface area contributed by atoms with E-state index >= 15 is 0 Å². The van der Waals surface area contributed by atoms with Crippen molar-refractivity contribution >= 4 is 43.6 Å². The average Bonchev–Trinajstić information content (AvgIpc) is 3.79. The van der Waals surface area contributed by atoms with E-state index in [1.165, 1.54) is 32.9 Å². The molecule has 9 aromatic rings. The van der Waals surface area contributed by atoms with E-state index < -0.39 is 0 Å². The van der Waals surface area contributed by atoms with Gasteiger partial charge in [-0.2, -0.15) is 15.0 Å². The molecule has 0 atom stereocenters. The van der Waals surface area contributed by atoms with Crippen LogP contribution in [0, 0.1) is 13.8 Å². The van der Waals surface area contributed by atoms with Crippen molar-refractivity contribution in [1.82, 2.24) is 29.1 Å². The number of aromatic nitrogens is 6. The minimum Gasteiger partial charge on any atom is -0.457 e. The maximum Gasteiger partial charge on any atom is 0.139 e. The van der Waals surface area contributed by atoms with Gasteiger partial charge < -0.3 is 9.30 Å². The maximum atomic E-state index is 6.52. The third-order valence-electron chi connectivity index (χ3n) is 10.3. The first-order valence-corrected chi connectivity index (χ1v) is 18.0. The van der Waals surface area contributed by atoms with E-state index in [1.54, 1.807) is 4.80 Å². The van der Waals surface area contributed by atoms with Gasteiger partial charge in [-0.25, -0.2) is 4.98 Å². The van der Waals surface area contributed by atoms with Gasteiger partial charge in [-0.05, 0) is 73.2 Å². The summed E-state index contributed by atoms with van der Waals surface area (Å²) in [4.78, 5) is 6.68. The van der Waals surface area contributed by atoms with Gasteiger partial charge in [-0.15, -0.1) is 0 Å². The Morgan fingerprint density at radius 2 is 1.13 bits per heavy atom. The molecule has 0 saturated heterocycles. The van der Waals surface area contributed by atoms with E-state index in [-0.39, 0.29) is 0 Å². The van der Waals surface area contributed by atoms with Crippen molar-refractivity contribution in [2.24, 2.45) is 0 Å². The van der Waals surface area contributed by atoms with Gasteiger partial charge in [0.2, 0.25) is 0 Å². The lowest BCUT2D eigenvalue weighted by Gasteiger charge is -2.17. The molecule has 0 N–H and O–H groups in total. The molecule has 9 rings (SSSR count). The van der Waals surface area contributed by atoms with Gasteiger partial charge in [0.15, 0.2) is 0 Å². The van der Waals surface area contributed by atoms with Crippen molar-refractivity contribution in [1.29, 1.82) is 0 Å². The predicted octanol–water partition coefficient (Wildman–Crippen LogP) is 11.5. The monoisotopic (exact) mass is 680 g/mol. The first kappa shape index (κ1) is 31.7. The highest BCUT2D eigenvalue weighted by molar-refractivity contribution is 6.12. The van der Waals surface area contributed by atoms with Gasteiger partial charge in [0.25, 0.3) is 0 Å². The number of rotatable bonds is 7. The predicted molar refractivity (Wildman–Crippen MR) is 212 cm³/mol. The minimum atomic E-state index is 0.357. The number of pyridine rings is 1. The normalized spacial score (nSPS) is 12.0. The lowest BCUT2D eigenvalue weighted by atomic mass is 9.98. The Labute approximate surface area is 302 Å². The van der Waals surface area contributed by atoms with Gasteiger partial charge in [0, 0.05) is 45.9 Å². The quantitative estimate of drug-likeness (QED) is 0.168. The molecule has 0 aliphatic heterocycles. The summed E-state index contributed by atoms with van der Waals surface area (Å²) in [5.74, 6) is 3.00. The number of hydrogen-bond donors (Lipinski definition) is 0. The molecule has 0 aliphatic rings. The van der Waals surface area contributed by atoms with Crippen LogP contribution in [0.1, 0.15) is 62.0 Å². The summed E-state index contributed by atoms with van der Waals surface area (Å²) >= 11 is 0. The summed E-state index contributed by atoms with van der Waals surface area (Å²) in [6, 6.07) is 40.6. The van der Waals surface area contributed by atoms with Crippen molar-refractivity contribution in [3.05, 3.63) is 144 Å². The lowest BCUT2D eigenvalue weighted by Crippen LogP contribution is -2.04. The van der Waals surface area contributed by atoms with Gasteiger partial charge in [-0.1, -0.05) is 88.4 Å². The molecule has 7 heteroatoms. The molecule has 0 fully saturated rings. The summed E-state index contributed by atoms with van der Waals surface area (Å²) in [5, 5.41) is 14.0. The molecule has 52 heavy (non-hydrogen) atoms. The fraction of sp³-hybridized carbons (Fsp3) is 0.178. The van der Waals surface area contributed by atoms with E-state index in [1.807, 2.05) is 50.4 Å². The summed E-state index contributed by atoms with van der Waals surface area (Å²) < 4.78 is 11.3. The third kappa shape index (κ3) is 5.07. The van der Waals surface area contributed by atoms with Crippen LogP contribution in [0.5, 0.6) is 11.5 Å². The molecule has 0 radical (unpaired) electrons. The summed E-state index contributed by atoms with van der Waals surface area (Å²) in [6.07, 6.45) is 1.94. The number of aryl methyl sites for hydroxylation is 2. The zero-order valence-corrected chi connectivity index (χ0v) is 30.3. The van der Waals surface area contributed by atoms with E-state index in [0.717, 1.165) is 56.1 Å². The second-order valence-electron chi connectivity index (χ2n) is 14.3. The summed E-state index contributed by atoms with van der Waals surface area (Å²) in [6.45, 7) is 13.1. The number of benzene rings is 5. The second-order valence-corrected chi connectivity index (χ2v) is 14.3. The van der Waals surface area contributed by atoms with Crippen LogP contribution < -0.4 is 4.74 Å². The lowest BCUT2D eigenvalue weighted by molar-refractivity contribution is 0.482. The number of para-hydroxylation sites is 3. The fourth-order valence-electron chi connectivity index (χ4n) is 7.66. The zero-order chi connectivity index (χ0) is 35.7. The van der Waals surface area contributed by atoms with Gasteiger partial charge in [0.1, 0.15) is 17.3 Å². The maximum absolute atomic E-state index is 6.52. The van der Waals surface area contributed by atoms with Crippen molar-refractivity contribution in [2.45, 2.75) is 53.4 Å². The number of nitrogens with zero attached hydrogens (tertiary/aromatic N) is 6. The van der Waals surface area contributed by atoms with Crippen LogP contribution in [-0.4, -0.2) is 29.1 Å². The molecule has 0 unspecified atom stereocenters. The molecule has 0 bridgehead atoms. The standard InChI is InChI=1S/C45H40N6O/c1-27(2)35-15-10-17-39-40-18-11-16-36(28(3)4)45(40)49(44(35)39)31-22-23-46-43(25-31)50-41-19-8-7-14-37(41)38-21-20-34(26-42(38)50)52-33-13-9-12-32(24-33)51-47-29(5)30(6)48-51/h7-28H,1-6H3. The summed E-state index contributed by atoms with van der Waals surface area (Å²) in [5.41, 5.74) is 11.0. The third-order valence-corrected chi connectivity index (χ3v) is 10.3. The smallest absolute Gasteiger partial charge is 0.139 e. The molecule has 5 aromatic carbocycles. The SMILES string of the molecule is Cc1nn(-c2cccc(Oc3ccc4c5ccccc5n(-c5cc(-n6c7c(C(C)C)cccc7c7cccc(C(C)C)c76)ccn5)c4c3)c2)nc1C. The Kier molecular flexibility index (Phi) is 7.47. The Bertz CT molecular complexity index is 2730. The second kappa shape index (κ2) is 12.2. The molecule has 0 spiro atoms. The van der Waals surface area contributed by atoms with Crippen LogP contribution >= 0.6 is 0 Å². The van der Waals surface area contributed by atoms with E-state index in [4.69, 9.17) is 9.72 Å². The molecular weight excluding hydrogens is 641 g/mol. The number of fused-ring (bicyclic) bond motifs is 6. The van der Waals surface area contributed by atoms with Crippen LogP contribution in [0.2, 0.25) is 0 Å². The van der Waals surface area contributed by atoms with Crippen LogP contribution in [0.3, 0.4) is 0 Å².